The third-order valence-electron chi connectivity index (χ3n) is 5.33. The number of fused-ring (bicyclic) bond motifs is 1. The Bertz CT molecular complexity index is 696. The molecular weight excluding hydrogens is 296 g/mol. The average Bonchev–Trinajstić information content (AvgIpc) is 2.97. The van der Waals surface area contributed by atoms with E-state index in [0.717, 1.165) is 56.0 Å². The van der Waals surface area contributed by atoms with Gasteiger partial charge in [0, 0.05) is 31.3 Å². The van der Waals surface area contributed by atoms with Crippen molar-refractivity contribution < 1.29 is 14.0 Å². The van der Waals surface area contributed by atoms with Gasteiger partial charge >= 0.3 is 0 Å². The Kier molecular flexibility index (Phi) is 3.69. The first kappa shape index (κ1) is 14.8. The number of nitrogens with one attached hydrogen (secondary N) is 1. The summed E-state index contributed by atoms with van der Waals surface area (Å²) < 4.78 is 16.8. The van der Waals surface area contributed by atoms with E-state index < -0.39 is 0 Å². The van der Waals surface area contributed by atoms with E-state index in [1.165, 1.54) is 6.33 Å². The second kappa shape index (κ2) is 5.72. The van der Waals surface area contributed by atoms with Crippen LogP contribution in [0, 0.1) is 12.3 Å². The molecule has 7 heteroatoms. The standard InChI is InChI=1S/C16H22N4O3/c1-3-22-12-8-11(16(12)4-6-21-7-5-16)19-14-13-10(2)20-23-15(13)18-9-17-14/h9,11-12H,3-8H2,1-2H3,(H,17,18,19). The summed E-state index contributed by atoms with van der Waals surface area (Å²) in [5.41, 5.74) is 1.47. The summed E-state index contributed by atoms with van der Waals surface area (Å²) >= 11 is 0. The van der Waals surface area contributed by atoms with Crippen LogP contribution in [0.3, 0.4) is 0 Å². The van der Waals surface area contributed by atoms with Gasteiger partial charge in [-0.3, -0.25) is 0 Å². The number of hydrogen-bond acceptors (Lipinski definition) is 7. The molecule has 4 rings (SSSR count). The smallest absolute Gasteiger partial charge is 0.263 e. The minimum absolute atomic E-state index is 0.136. The summed E-state index contributed by atoms with van der Waals surface area (Å²) in [6, 6.07) is 0.329. The Labute approximate surface area is 134 Å². The Balaban J connectivity index is 1.61. The third kappa shape index (κ3) is 2.30. The number of hydrogen-bond donors (Lipinski definition) is 1. The Hall–Kier alpha value is -1.73. The van der Waals surface area contributed by atoms with E-state index in [0.29, 0.717) is 17.9 Å². The zero-order valence-electron chi connectivity index (χ0n) is 13.5. The first-order valence-electron chi connectivity index (χ1n) is 8.27. The van der Waals surface area contributed by atoms with Gasteiger partial charge in [-0.25, -0.2) is 4.98 Å². The van der Waals surface area contributed by atoms with E-state index in [-0.39, 0.29) is 5.41 Å². The number of ether oxygens (including phenoxy) is 2. The van der Waals surface area contributed by atoms with Crippen molar-refractivity contribution in [2.24, 2.45) is 5.41 Å². The lowest BCUT2D eigenvalue weighted by molar-refractivity contribution is -0.159. The summed E-state index contributed by atoms with van der Waals surface area (Å²) in [5, 5.41) is 8.47. The van der Waals surface area contributed by atoms with Gasteiger partial charge < -0.3 is 19.3 Å². The van der Waals surface area contributed by atoms with Gasteiger partial charge in [-0.15, -0.1) is 0 Å². The topological polar surface area (TPSA) is 82.3 Å². The molecule has 1 saturated carbocycles. The number of nitrogens with zero attached hydrogens (tertiary/aromatic N) is 3. The molecule has 3 heterocycles. The van der Waals surface area contributed by atoms with Gasteiger partial charge in [0.15, 0.2) is 0 Å². The Morgan fingerprint density at radius 1 is 1.35 bits per heavy atom. The first-order valence-corrected chi connectivity index (χ1v) is 8.27. The molecule has 2 aromatic rings. The fraction of sp³-hybridized carbons (Fsp3) is 0.688. The molecule has 0 radical (unpaired) electrons. The van der Waals surface area contributed by atoms with E-state index in [1.807, 2.05) is 6.92 Å². The molecule has 7 nitrogen and oxygen atoms in total. The molecule has 2 unspecified atom stereocenters. The van der Waals surface area contributed by atoms with Gasteiger partial charge in [-0.1, -0.05) is 5.16 Å². The zero-order valence-corrected chi connectivity index (χ0v) is 13.5. The van der Waals surface area contributed by atoms with E-state index in [4.69, 9.17) is 14.0 Å². The van der Waals surface area contributed by atoms with E-state index in [2.05, 4.69) is 27.4 Å². The van der Waals surface area contributed by atoms with Crippen LogP contribution in [0.15, 0.2) is 10.9 Å². The number of aryl methyl sites for hydroxylation is 1. The molecule has 1 spiro atoms. The second-order valence-electron chi connectivity index (χ2n) is 6.39. The molecule has 1 N–H and O–H groups in total. The molecular formula is C16H22N4O3. The van der Waals surface area contributed by atoms with E-state index in [9.17, 15) is 0 Å². The fourth-order valence-corrected chi connectivity index (χ4v) is 4.00. The molecule has 23 heavy (non-hydrogen) atoms. The van der Waals surface area contributed by atoms with E-state index >= 15 is 0 Å². The summed E-state index contributed by atoms with van der Waals surface area (Å²) in [4.78, 5) is 8.55. The van der Waals surface area contributed by atoms with Crippen molar-refractivity contribution in [3.05, 3.63) is 12.0 Å². The summed E-state index contributed by atoms with van der Waals surface area (Å²) in [6.07, 6.45) is 4.85. The lowest BCUT2D eigenvalue weighted by Gasteiger charge is -2.57. The molecule has 1 aliphatic heterocycles. The van der Waals surface area contributed by atoms with Crippen LogP contribution < -0.4 is 5.32 Å². The third-order valence-corrected chi connectivity index (χ3v) is 5.33. The first-order chi connectivity index (χ1) is 11.2. The molecule has 2 fully saturated rings. The van der Waals surface area contributed by atoms with Crippen molar-refractivity contribution >= 4 is 16.9 Å². The maximum Gasteiger partial charge on any atom is 0.263 e. The van der Waals surface area contributed by atoms with Crippen LogP contribution in [0.25, 0.3) is 11.1 Å². The largest absolute Gasteiger partial charge is 0.381 e. The predicted molar refractivity (Wildman–Crippen MR) is 84.3 cm³/mol. The maximum atomic E-state index is 5.98. The molecule has 2 aliphatic rings. The predicted octanol–water partition coefficient (Wildman–Crippen LogP) is 2.31. The maximum absolute atomic E-state index is 5.98. The van der Waals surface area contributed by atoms with Crippen LogP contribution in [0.1, 0.15) is 31.9 Å². The highest BCUT2D eigenvalue weighted by Gasteiger charge is 2.56. The van der Waals surface area contributed by atoms with Crippen LogP contribution in [-0.4, -0.2) is 47.1 Å². The SMILES string of the molecule is CCOC1CC(Nc2ncnc3onc(C)c23)C12CCOCC2. The minimum atomic E-state index is 0.136. The van der Waals surface area contributed by atoms with E-state index in [1.54, 1.807) is 0 Å². The van der Waals surface area contributed by atoms with Crippen LogP contribution in [-0.2, 0) is 9.47 Å². The van der Waals surface area contributed by atoms with Crippen molar-refractivity contribution in [3.8, 4) is 0 Å². The quantitative estimate of drug-likeness (QED) is 0.926. The fourth-order valence-electron chi connectivity index (χ4n) is 4.00. The monoisotopic (exact) mass is 318 g/mol. The molecule has 124 valence electrons. The normalized spacial score (nSPS) is 26.3. The van der Waals surface area contributed by atoms with Gasteiger partial charge in [0.1, 0.15) is 17.5 Å². The average molecular weight is 318 g/mol. The van der Waals surface area contributed by atoms with Gasteiger partial charge in [0.25, 0.3) is 5.71 Å². The van der Waals surface area contributed by atoms with Crippen LogP contribution in [0.4, 0.5) is 5.82 Å². The lowest BCUT2D eigenvalue weighted by atomic mass is 9.57. The van der Waals surface area contributed by atoms with Crippen molar-refractivity contribution in [2.75, 3.05) is 25.1 Å². The molecule has 0 aromatic carbocycles. The zero-order chi connectivity index (χ0) is 15.9. The van der Waals surface area contributed by atoms with Crippen molar-refractivity contribution in [2.45, 2.75) is 45.3 Å². The van der Waals surface area contributed by atoms with Gasteiger partial charge in [0.2, 0.25) is 0 Å². The lowest BCUT2D eigenvalue weighted by Crippen LogP contribution is -2.63. The molecule has 0 amide bonds. The highest BCUT2D eigenvalue weighted by molar-refractivity contribution is 5.87. The van der Waals surface area contributed by atoms with Crippen LogP contribution in [0.2, 0.25) is 0 Å². The molecule has 1 aliphatic carbocycles. The highest BCUT2D eigenvalue weighted by atomic mass is 16.5. The highest BCUT2D eigenvalue weighted by Crippen LogP contribution is 2.52. The Morgan fingerprint density at radius 2 is 2.17 bits per heavy atom. The van der Waals surface area contributed by atoms with Gasteiger partial charge in [0.05, 0.1) is 11.8 Å². The minimum Gasteiger partial charge on any atom is -0.381 e. The summed E-state index contributed by atoms with van der Waals surface area (Å²) in [6.45, 7) is 6.32. The van der Waals surface area contributed by atoms with Crippen molar-refractivity contribution in [1.29, 1.82) is 0 Å². The van der Waals surface area contributed by atoms with Crippen molar-refractivity contribution in [1.82, 2.24) is 15.1 Å². The number of aromatic nitrogens is 3. The number of rotatable bonds is 4. The summed E-state index contributed by atoms with van der Waals surface area (Å²) in [7, 11) is 0. The van der Waals surface area contributed by atoms with Crippen LogP contribution in [0.5, 0.6) is 0 Å². The molecule has 1 saturated heterocycles. The Morgan fingerprint density at radius 3 is 2.96 bits per heavy atom. The molecule has 2 aromatic heterocycles. The molecule has 2 atom stereocenters. The van der Waals surface area contributed by atoms with Gasteiger partial charge in [-0.05, 0) is 33.1 Å². The number of anilines is 1. The van der Waals surface area contributed by atoms with Gasteiger partial charge in [-0.2, -0.15) is 4.98 Å². The van der Waals surface area contributed by atoms with Crippen molar-refractivity contribution in [3.63, 3.8) is 0 Å². The summed E-state index contributed by atoms with van der Waals surface area (Å²) in [5.74, 6) is 0.805. The second-order valence-corrected chi connectivity index (χ2v) is 6.39. The van der Waals surface area contributed by atoms with Crippen LogP contribution >= 0.6 is 0 Å². The molecule has 0 bridgehead atoms.